The van der Waals surface area contributed by atoms with Crippen LogP contribution in [-0.2, 0) is 11.3 Å². The summed E-state index contributed by atoms with van der Waals surface area (Å²) >= 11 is 0. The minimum absolute atomic E-state index is 0.0714. The van der Waals surface area contributed by atoms with Crippen LogP contribution in [0.15, 0.2) is 18.2 Å². The summed E-state index contributed by atoms with van der Waals surface area (Å²) < 4.78 is 0. The lowest BCUT2D eigenvalue weighted by Crippen LogP contribution is -2.27. The molecule has 0 saturated carbocycles. The van der Waals surface area contributed by atoms with Crippen molar-refractivity contribution in [2.24, 2.45) is 11.7 Å². The highest BCUT2D eigenvalue weighted by Crippen LogP contribution is 2.20. The van der Waals surface area contributed by atoms with Crippen molar-refractivity contribution in [3.63, 3.8) is 0 Å². The maximum Gasteiger partial charge on any atom is 0.272 e. The van der Waals surface area contributed by atoms with Crippen LogP contribution in [0, 0.1) is 23.0 Å². The van der Waals surface area contributed by atoms with E-state index < -0.39 is 4.92 Å². The normalized spacial score (nSPS) is 11.9. The number of nitro groups is 1. The van der Waals surface area contributed by atoms with Crippen LogP contribution < -0.4 is 11.1 Å². The molecule has 1 rings (SSSR count). The van der Waals surface area contributed by atoms with Crippen LogP contribution in [0.2, 0.25) is 0 Å². The second-order valence-electron chi connectivity index (χ2n) is 4.64. The summed E-state index contributed by atoms with van der Waals surface area (Å²) in [5, 5.41) is 13.6. The average Bonchev–Trinajstić information content (AvgIpc) is 2.37. The molecule has 0 aliphatic rings. The summed E-state index contributed by atoms with van der Waals surface area (Å²) in [6, 6.07) is 4.85. The van der Waals surface area contributed by atoms with E-state index in [4.69, 9.17) is 5.73 Å². The molecule has 1 amide bonds. The fraction of sp³-hybridized carbons (Fsp3) is 0.462. The first-order valence-electron chi connectivity index (χ1n) is 6.15. The highest BCUT2D eigenvalue weighted by molar-refractivity contribution is 5.76. The standard InChI is InChI=1S/C13H19N3O3/c1-9(7-14)6-13(17)15-8-11-4-3-5-12(10(11)2)16(18)19/h3-5,9H,6-8,14H2,1-2H3,(H,15,17). The zero-order valence-electron chi connectivity index (χ0n) is 11.2. The van der Waals surface area contributed by atoms with E-state index in [1.807, 2.05) is 6.92 Å². The summed E-state index contributed by atoms with van der Waals surface area (Å²) in [5.74, 6) is 0.0371. The third-order valence-electron chi connectivity index (χ3n) is 3.03. The van der Waals surface area contributed by atoms with Gasteiger partial charge in [0, 0.05) is 24.6 Å². The molecule has 0 radical (unpaired) electrons. The Kier molecular flexibility index (Phi) is 5.44. The third kappa shape index (κ3) is 4.33. The maximum absolute atomic E-state index is 11.6. The van der Waals surface area contributed by atoms with E-state index in [0.717, 1.165) is 5.56 Å². The maximum atomic E-state index is 11.6. The van der Waals surface area contributed by atoms with Crippen LogP contribution in [0.4, 0.5) is 5.69 Å². The van der Waals surface area contributed by atoms with Crippen molar-refractivity contribution in [3.05, 3.63) is 39.4 Å². The molecule has 1 aromatic rings. The number of carbonyl (C=O) groups excluding carboxylic acids is 1. The van der Waals surface area contributed by atoms with Gasteiger partial charge in [0.05, 0.1) is 4.92 Å². The van der Waals surface area contributed by atoms with Gasteiger partial charge in [-0.15, -0.1) is 0 Å². The minimum Gasteiger partial charge on any atom is -0.352 e. The van der Waals surface area contributed by atoms with Crippen molar-refractivity contribution in [1.82, 2.24) is 5.32 Å². The molecular weight excluding hydrogens is 246 g/mol. The zero-order valence-corrected chi connectivity index (χ0v) is 11.2. The van der Waals surface area contributed by atoms with Gasteiger partial charge in [0.2, 0.25) is 5.91 Å². The Hall–Kier alpha value is -1.95. The van der Waals surface area contributed by atoms with Crippen molar-refractivity contribution in [3.8, 4) is 0 Å². The molecule has 6 nitrogen and oxygen atoms in total. The Balaban J connectivity index is 2.66. The Morgan fingerprint density at radius 2 is 2.21 bits per heavy atom. The Morgan fingerprint density at radius 3 is 2.79 bits per heavy atom. The fourth-order valence-corrected chi connectivity index (χ4v) is 1.73. The largest absolute Gasteiger partial charge is 0.352 e. The SMILES string of the molecule is Cc1c(CNC(=O)CC(C)CN)cccc1[N+](=O)[O-]. The van der Waals surface area contributed by atoms with E-state index >= 15 is 0 Å². The molecule has 104 valence electrons. The van der Waals surface area contributed by atoms with Gasteiger partial charge in [-0.25, -0.2) is 0 Å². The lowest BCUT2D eigenvalue weighted by molar-refractivity contribution is -0.385. The van der Waals surface area contributed by atoms with Gasteiger partial charge in [-0.2, -0.15) is 0 Å². The number of nitrogens with zero attached hydrogens (tertiary/aromatic N) is 1. The number of rotatable bonds is 6. The molecule has 0 spiro atoms. The van der Waals surface area contributed by atoms with Crippen molar-refractivity contribution in [2.75, 3.05) is 6.54 Å². The summed E-state index contributed by atoms with van der Waals surface area (Å²) in [5.41, 5.74) is 6.86. The lowest BCUT2D eigenvalue weighted by Gasteiger charge is -2.10. The number of nitrogens with two attached hydrogens (primary N) is 1. The molecule has 1 aromatic carbocycles. The van der Waals surface area contributed by atoms with Crippen molar-refractivity contribution < 1.29 is 9.72 Å². The molecule has 19 heavy (non-hydrogen) atoms. The predicted octanol–water partition coefficient (Wildman–Crippen LogP) is 1.50. The fourth-order valence-electron chi connectivity index (χ4n) is 1.73. The van der Waals surface area contributed by atoms with Gasteiger partial charge in [0.1, 0.15) is 0 Å². The smallest absolute Gasteiger partial charge is 0.272 e. The highest BCUT2D eigenvalue weighted by Gasteiger charge is 2.14. The Morgan fingerprint density at radius 1 is 1.53 bits per heavy atom. The van der Waals surface area contributed by atoms with Crippen LogP contribution in [0.5, 0.6) is 0 Å². The molecule has 1 atom stereocenters. The second-order valence-corrected chi connectivity index (χ2v) is 4.64. The first-order valence-corrected chi connectivity index (χ1v) is 6.15. The molecule has 0 aromatic heterocycles. The summed E-state index contributed by atoms with van der Waals surface area (Å²) in [7, 11) is 0. The molecule has 3 N–H and O–H groups in total. The zero-order chi connectivity index (χ0) is 14.4. The summed E-state index contributed by atoms with van der Waals surface area (Å²) in [4.78, 5) is 22.0. The van der Waals surface area contributed by atoms with Crippen LogP contribution in [0.25, 0.3) is 0 Å². The van der Waals surface area contributed by atoms with Crippen LogP contribution in [0.1, 0.15) is 24.5 Å². The molecule has 0 aliphatic carbocycles. The van der Waals surface area contributed by atoms with Gasteiger partial charge in [-0.3, -0.25) is 14.9 Å². The van der Waals surface area contributed by atoms with E-state index in [1.54, 1.807) is 19.1 Å². The summed E-state index contributed by atoms with van der Waals surface area (Å²) in [6.45, 7) is 4.34. The molecular formula is C13H19N3O3. The number of nitro benzene ring substituents is 1. The van der Waals surface area contributed by atoms with Crippen LogP contribution in [-0.4, -0.2) is 17.4 Å². The van der Waals surface area contributed by atoms with Crippen LogP contribution >= 0.6 is 0 Å². The quantitative estimate of drug-likeness (QED) is 0.601. The van der Waals surface area contributed by atoms with Crippen LogP contribution in [0.3, 0.4) is 0 Å². The van der Waals surface area contributed by atoms with Crippen molar-refractivity contribution >= 4 is 11.6 Å². The summed E-state index contributed by atoms with van der Waals surface area (Å²) in [6.07, 6.45) is 0.366. The molecule has 0 aliphatic heterocycles. The molecule has 6 heteroatoms. The van der Waals surface area contributed by atoms with Gasteiger partial charge in [-0.1, -0.05) is 19.1 Å². The Labute approximate surface area is 112 Å². The first-order chi connectivity index (χ1) is 8.95. The topological polar surface area (TPSA) is 98.3 Å². The molecule has 0 heterocycles. The van der Waals surface area contributed by atoms with E-state index in [2.05, 4.69) is 5.32 Å². The van der Waals surface area contributed by atoms with Gasteiger partial charge in [0.25, 0.3) is 5.69 Å². The third-order valence-corrected chi connectivity index (χ3v) is 3.03. The van der Waals surface area contributed by atoms with E-state index in [-0.39, 0.29) is 17.5 Å². The predicted molar refractivity (Wildman–Crippen MR) is 72.5 cm³/mol. The second kappa shape index (κ2) is 6.84. The monoisotopic (exact) mass is 265 g/mol. The van der Waals surface area contributed by atoms with Gasteiger partial charge < -0.3 is 11.1 Å². The first kappa shape index (κ1) is 15.1. The molecule has 0 bridgehead atoms. The van der Waals surface area contributed by atoms with E-state index in [1.165, 1.54) is 6.07 Å². The molecule has 0 saturated heterocycles. The van der Waals surface area contributed by atoms with Crippen molar-refractivity contribution in [1.29, 1.82) is 0 Å². The number of amides is 1. The van der Waals surface area contributed by atoms with Gasteiger partial charge in [-0.05, 0) is 24.9 Å². The number of nitrogens with one attached hydrogen (secondary N) is 1. The highest BCUT2D eigenvalue weighted by atomic mass is 16.6. The van der Waals surface area contributed by atoms with E-state index in [0.29, 0.717) is 25.1 Å². The number of hydrogen-bond donors (Lipinski definition) is 2. The van der Waals surface area contributed by atoms with Gasteiger partial charge >= 0.3 is 0 Å². The number of hydrogen-bond acceptors (Lipinski definition) is 4. The van der Waals surface area contributed by atoms with E-state index in [9.17, 15) is 14.9 Å². The Bertz CT molecular complexity index is 474. The number of benzene rings is 1. The number of carbonyl (C=O) groups is 1. The minimum atomic E-state index is -0.419. The lowest BCUT2D eigenvalue weighted by atomic mass is 10.1. The van der Waals surface area contributed by atoms with Gasteiger partial charge in [0.15, 0.2) is 0 Å². The average molecular weight is 265 g/mol. The molecule has 1 unspecified atom stereocenters. The molecule has 0 fully saturated rings. The van der Waals surface area contributed by atoms with Crippen molar-refractivity contribution in [2.45, 2.75) is 26.8 Å².